The number of aromatic nitrogens is 2. The van der Waals surface area contributed by atoms with Crippen LogP contribution in [0.2, 0.25) is 0 Å². The molecule has 0 atom stereocenters. The van der Waals surface area contributed by atoms with Crippen molar-refractivity contribution in [1.82, 2.24) is 14.9 Å². The SMILES string of the molecule is CCNCc1cnc(C)n1Cc1ccc(Br)cc1. The summed E-state index contributed by atoms with van der Waals surface area (Å²) < 4.78 is 3.37. The number of hydrogen-bond donors (Lipinski definition) is 1. The summed E-state index contributed by atoms with van der Waals surface area (Å²) >= 11 is 3.46. The van der Waals surface area contributed by atoms with Gasteiger partial charge in [-0.1, -0.05) is 35.0 Å². The Hall–Kier alpha value is -1.13. The van der Waals surface area contributed by atoms with Crippen LogP contribution in [0.25, 0.3) is 0 Å². The largest absolute Gasteiger partial charge is 0.327 e. The summed E-state index contributed by atoms with van der Waals surface area (Å²) in [6, 6.07) is 8.43. The maximum Gasteiger partial charge on any atom is 0.106 e. The predicted octanol–water partition coefficient (Wildman–Crippen LogP) is 3.11. The van der Waals surface area contributed by atoms with Crippen molar-refractivity contribution in [1.29, 1.82) is 0 Å². The molecule has 0 amide bonds. The molecular weight excluding hydrogens is 290 g/mol. The van der Waals surface area contributed by atoms with E-state index in [2.05, 4.69) is 62.0 Å². The molecule has 0 saturated carbocycles. The first-order valence-electron chi connectivity index (χ1n) is 6.17. The van der Waals surface area contributed by atoms with Crippen LogP contribution in [0.15, 0.2) is 34.9 Å². The van der Waals surface area contributed by atoms with Crippen molar-refractivity contribution in [3.8, 4) is 0 Å². The number of rotatable bonds is 5. The van der Waals surface area contributed by atoms with E-state index >= 15 is 0 Å². The lowest BCUT2D eigenvalue weighted by Crippen LogP contribution is -2.16. The molecule has 1 N–H and O–H groups in total. The molecule has 0 aliphatic carbocycles. The fourth-order valence-corrected chi connectivity index (χ4v) is 2.16. The highest BCUT2D eigenvalue weighted by atomic mass is 79.9. The van der Waals surface area contributed by atoms with Gasteiger partial charge in [0.2, 0.25) is 0 Å². The van der Waals surface area contributed by atoms with Crippen LogP contribution in [0.5, 0.6) is 0 Å². The number of aryl methyl sites for hydroxylation is 1. The van der Waals surface area contributed by atoms with Gasteiger partial charge in [-0.25, -0.2) is 4.98 Å². The molecule has 3 nitrogen and oxygen atoms in total. The maximum absolute atomic E-state index is 4.40. The highest BCUT2D eigenvalue weighted by Crippen LogP contribution is 2.14. The molecule has 18 heavy (non-hydrogen) atoms. The maximum atomic E-state index is 4.40. The van der Waals surface area contributed by atoms with Crippen molar-refractivity contribution in [2.45, 2.75) is 26.9 Å². The third-order valence-corrected chi connectivity index (χ3v) is 3.48. The van der Waals surface area contributed by atoms with Crippen LogP contribution in [0, 0.1) is 6.92 Å². The first-order chi connectivity index (χ1) is 8.70. The summed E-state index contributed by atoms with van der Waals surface area (Å²) in [6.45, 7) is 6.88. The van der Waals surface area contributed by atoms with Gasteiger partial charge in [-0.2, -0.15) is 0 Å². The molecule has 2 aromatic rings. The number of halogens is 1. The van der Waals surface area contributed by atoms with Gasteiger partial charge in [-0.05, 0) is 31.2 Å². The molecule has 4 heteroatoms. The van der Waals surface area contributed by atoms with Gasteiger partial charge in [0.05, 0.1) is 5.69 Å². The second-order valence-electron chi connectivity index (χ2n) is 4.29. The lowest BCUT2D eigenvalue weighted by atomic mass is 10.2. The van der Waals surface area contributed by atoms with Crippen LogP contribution in [-0.2, 0) is 13.1 Å². The smallest absolute Gasteiger partial charge is 0.106 e. The zero-order valence-corrected chi connectivity index (χ0v) is 12.4. The third-order valence-electron chi connectivity index (χ3n) is 2.95. The molecule has 0 aliphatic heterocycles. The molecule has 96 valence electrons. The Bertz CT molecular complexity index is 502. The molecule has 0 unspecified atom stereocenters. The Balaban J connectivity index is 2.17. The average Bonchev–Trinajstić information content (AvgIpc) is 2.71. The standard InChI is InChI=1S/C14H18BrN3/c1-3-16-8-14-9-17-11(2)18(14)10-12-4-6-13(15)7-5-12/h4-7,9,16H,3,8,10H2,1-2H3. The highest BCUT2D eigenvalue weighted by molar-refractivity contribution is 9.10. The van der Waals surface area contributed by atoms with Crippen molar-refractivity contribution in [3.05, 3.63) is 52.0 Å². The Morgan fingerprint density at radius 3 is 2.67 bits per heavy atom. The molecule has 0 spiro atoms. The minimum Gasteiger partial charge on any atom is -0.327 e. The quantitative estimate of drug-likeness (QED) is 0.920. The highest BCUT2D eigenvalue weighted by Gasteiger charge is 2.06. The molecule has 2 rings (SSSR count). The van der Waals surface area contributed by atoms with E-state index in [9.17, 15) is 0 Å². The predicted molar refractivity (Wildman–Crippen MR) is 77.6 cm³/mol. The van der Waals surface area contributed by atoms with Crippen LogP contribution in [0.3, 0.4) is 0 Å². The molecule has 1 aromatic carbocycles. The molecule has 1 aromatic heterocycles. The topological polar surface area (TPSA) is 29.9 Å². The Kier molecular flexibility index (Phi) is 4.55. The van der Waals surface area contributed by atoms with Crippen molar-refractivity contribution < 1.29 is 0 Å². The van der Waals surface area contributed by atoms with Gasteiger partial charge >= 0.3 is 0 Å². The zero-order chi connectivity index (χ0) is 13.0. The normalized spacial score (nSPS) is 10.8. The lowest BCUT2D eigenvalue weighted by molar-refractivity contribution is 0.646. The molecule has 1 heterocycles. The summed E-state index contributed by atoms with van der Waals surface area (Å²) in [5.41, 5.74) is 2.52. The fourth-order valence-electron chi connectivity index (χ4n) is 1.90. The summed E-state index contributed by atoms with van der Waals surface area (Å²) in [5.74, 6) is 1.06. The number of hydrogen-bond acceptors (Lipinski definition) is 2. The van der Waals surface area contributed by atoms with Gasteiger partial charge in [0.15, 0.2) is 0 Å². The van der Waals surface area contributed by atoms with E-state index in [4.69, 9.17) is 0 Å². The Labute approximate surface area is 116 Å². The summed E-state index contributed by atoms with van der Waals surface area (Å²) in [5, 5.41) is 3.34. The fraction of sp³-hybridized carbons (Fsp3) is 0.357. The number of nitrogens with one attached hydrogen (secondary N) is 1. The van der Waals surface area contributed by atoms with Crippen LogP contribution < -0.4 is 5.32 Å². The van der Waals surface area contributed by atoms with Gasteiger partial charge in [-0.15, -0.1) is 0 Å². The average molecular weight is 308 g/mol. The van der Waals surface area contributed by atoms with E-state index in [0.717, 1.165) is 29.9 Å². The van der Waals surface area contributed by atoms with Gasteiger partial charge in [0.25, 0.3) is 0 Å². The van der Waals surface area contributed by atoms with Gasteiger partial charge in [-0.3, -0.25) is 0 Å². The number of nitrogens with zero attached hydrogens (tertiary/aromatic N) is 2. The van der Waals surface area contributed by atoms with Gasteiger partial charge in [0.1, 0.15) is 5.82 Å². The van der Waals surface area contributed by atoms with Crippen molar-refractivity contribution >= 4 is 15.9 Å². The first kappa shape index (κ1) is 13.3. The monoisotopic (exact) mass is 307 g/mol. The van der Waals surface area contributed by atoms with E-state index in [-0.39, 0.29) is 0 Å². The van der Waals surface area contributed by atoms with E-state index in [1.165, 1.54) is 11.3 Å². The van der Waals surface area contributed by atoms with Crippen LogP contribution in [-0.4, -0.2) is 16.1 Å². The summed E-state index contributed by atoms with van der Waals surface area (Å²) in [7, 11) is 0. The van der Waals surface area contributed by atoms with E-state index in [1.807, 2.05) is 13.1 Å². The van der Waals surface area contributed by atoms with E-state index in [0.29, 0.717) is 0 Å². The van der Waals surface area contributed by atoms with Crippen molar-refractivity contribution in [3.63, 3.8) is 0 Å². The van der Waals surface area contributed by atoms with Crippen molar-refractivity contribution in [2.24, 2.45) is 0 Å². The summed E-state index contributed by atoms with van der Waals surface area (Å²) in [4.78, 5) is 4.40. The second kappa shape index (κ2) is 6.16. The van der Waals surface area contributed by atoms with Gasteiger partial charge in [0, 0.05) is 23.8 Å². The van der Waals surface area contributed by atoms with Crippen LogP contribution in [0.4, 0.5) is 0 Å². The Morgan fingerprint density at radius 1 is 1.28 bits per heavy atom. The number of imidazole rings is 1. The number of benzene rings is 1. The molecule has 0 bridgehead atoms. The van der Waals surface area contributed by atoms with E-state index < -0.39 is 0 Å². The molecule has 0 saturated heterocycles. The van der Waals surface area contributed by atoms with Crippen molar-refractivity contribution in [2.75, 3.05) is 6.54 Å². The lowest BCUT2D eigenvalue weighted by Gasteiger charge is -2.11. The second-order valence-corrected chi connectivity index (χ2v) is 5.21. The zero-order valence-electron chi connectivity index (χ0n) is 10.8. The van der Waals surface area contributed by atoms with Gasteiger partial charge < -0.3 is 9.88 Å². The molecule has 0 radical (unpaired) electrons. The van der Waals surface area contributed by atoms with Crippen LogP contribution >= 0.6 is 15.9 Å². The molecule has 0 fully saturated rings. The molecular formula is C14H18BrN3. The minimum atomic E-state index is 0.869. The van der Waals surface area contributed by atoms with E-state index in [1.54, 1.807) is 0 Å². The van der Waals surface area contributed by atoms with Crippen LogP contribution in [0.1, 0.15) is 24.0 Å². The minimum absolute atomic E-state index is 0.869. The summed E-state index contributed by atoms with van der Waals surface area (Å²) in [6.07, 6.45) is 1.96. The third kappa shape index (κ3) is 3.21. The molecule has 0 aliphatic rings. The first-order valence-corrected chi connectivity index (χ1v) is 6.96. The Morgan fingerprint density at radius 2 is 2.00 bits per heavy atom.